The van der Waals surface area contributed by atoms with Crippen LogP contribution >= 0.6 is 22.9 Å². The maximum absolute atomic E-state index is 13.2. The number of hydrogen-bond acceptors (Lipinski definition) is 4. The molecule has 1 amide bonds. The molecular weight excluding hydrogens is 399 g/mol. The van der Waals surface area contributed by atoms with Crippen LogP contribution in [0.25, 0.3) is 0 Å². The Morgan fingerprint density at radius 2 is 2.12 bits per heavy atom. The number of sulfonamides is 1. The van der Waals surface area contributed by atoms with Crippen molar-refractivity contribution < 1.29 is 17.6 Å². The Morgan fingerprint density at radius 1 is 1.35 bits per heavy atom. The number of halogens is 2. The Kier molecular flexibility index (Phi) is 5.67. The number of piperidine rings is 1. The van der Waals surface area contributed by atoms with Crippen LogP contribution < -0.4 is 5.32 Å². The molecule has 0 aliphatic carbocycles. The van der Waals surface area contributed by atoms with Gasteiger partial charge in [-0.2, -0.15) is 4.31 Å². The second kappa shape index (κ2) is 7.64. The summed E-state index contributed by atoms with van der Waals surface area (Å²) in [5.41, 5.74) is 0.385. The summed E-state index contributed by atoms with van der Waals surface area (Å²) in [6.45, 7) is 2.37. The van der Waals surface area contributed by atoms with Crippen molar-refractivity contribution in [2.45, 2.75) is 24.0 Å². The zero-order valence-corrected chi connectivity index (χ0v) is 16.4. The summed E-state index contributed by atoms with van der Waals surface area (Å²) >= 11 is 6.95. The van der Waals surface area contributed by atoms with Gasteiger partial charge in [-0.1, -0.05) is 11.6 Å². The lowest BCUT2D eigenvalue weighted by atomic mass is 9.99. The molecule has 1 aliphatic heterocycles. The number of thiophene rings is 1. The molecule has 1 fully saturated rings. The van der Waals surface area contributed by atoms with Crippen LogP contribution in [0.2, 0.25) is 5.02 Å². The predicted molar refractivity (Wildman–Crippen MR) is 101 cm³/mol. The summed E-state index contributed by atoms with van der Waals surface area (Å²) in [7, 11) is -3.59. The molecular formula is C17H18ClFN2O3S2. The molecule has 2 aromatic rings. The number of rotatable bonds is 4. The third kappa shape index (κ3) is 4.09. The third-order valence-electron chi connectivity index (χ3n) is 4.25. The number of nitrogens with one attached hydrogen (secondary N) is 1. The number of aryl methyl sites for hydroxylation is 1. The van der Waals surface area contributed by atoms with E-state index >= 15 is 0 Å². The van der Waals surface area contributed by atoms with Crippen LogP contribution in [0.15, 0.2) is 34.5 Å². The zero-order chi connectivity index (χ0) is 18.9. The highest BCUT2D eigenvalue weighted by atomic mass is 35.5. The highest BCUT2D eigenvalue weighted by Crippen LogP contribution is 2.29. The van der Waals surface area contributed by atoms with Gasteiger partial charge in [-0.3, -0.25) is 4.79 Å². The third-order valence-corrected chi connectivity index (χ3v) is 7.87. The minimum Gasteiger partial charge on any atom is -0.326 e. The van der Waals surface area contributed by atoms with Crippen molar-refractivity contribution in [3.8, 4) is 0 Å². The van der Waals surface area contributed by atoms with Crippen LogP contribution in [0.1, 0.15) is 17.7 Å². The minimum atomic E-state index is -3.59. The van der Waals surface area contributed by atoms with E-state index in [4.69, 9.17) is 11.6 Å². The molecule has 1 unspecified atom stereocenters. The molecule has 1 saturated heterocycles. The number of amides is 1. The topological polar surface area (TPSA) is 66.5 Å². The molecule has 0 bridgehead atoms. The molecule has 0 saturated carbocycles. The number of carbonyl (C=O) groups excluding carboxylic acids is 1. The minimum absolute atomic E-state index is 0.0799. The highest BCUT2D eigenvalue weighted by molar-refractivity contribution is 7.91. The molecule has 1 aromatic heterocycles. The summed E-state index contributed by atoms with van der Waals surface area (Å²) < 4.78 is 40.4. The SMILES string of the molecule is Cc1ccc(S(=O)(=O)N2CCCC(C(=O)Nc3ccc(F)c(Cl)c3)C2)s1. The standard InChI is InChI=1S/C17H18ClFN2O3S2/c1-11-4-7-16(25-11)26(23,24)21-8-2-3-12(10-21)17(22)20-13-5-6-15(19)14(18)9-13/h4-7,9,12H,2-3,8,10H2,1H3,(H,20,22). The zero-order valence-electron chi connectivity index (χ0n) is 14.0. The largest absolute Gasteiger partial charge is 0.326 e. The smallest absolute Gasteiger partial charge is 0.252 e. The normalized spacial score (nSPS) is 18.7. The van der Waals surface area contributed by atoms with Crippen molar-refractivity contribution in [2.75, 3.05) is 18.4 Å². The van der Waals surface area contributed by atoms with Crippen molar-refractivity contribution in [1.29, 1.82) is 0 Å². The van der Waals surface area contributed by atoms with Gasteiger partial charge in [-0.15, -0.1) is 11.3 Å². The average molecular weight is 417 g/mol. The monoisotopic (exact) mass is 416 g/mol. The summed E-state index contributed by atoms with van der Waals surface area (Å²) in [6.07, 6.45) is 1.20. The summed E-state index contributed by atoms with van der Waals surface area (Å²) in [5.74, 6) is -1.33. The molecule has 1 N–H and O–H groups in total. The molecule has 3 rings (SSSR count). The van der Waals surface area contributed by atoms with Crippen LogP contribution in [-0.4, -0.2) is 31.7 Å². The van der Waals surface area contributed by atoms with Gasteiger partial charge < -0.3 is 5.32 Å². The Labute approximate surface area is 160 Å². The van der Waals surface area contributed by atoms with Gasteiger partial charge in [0.1, 0.15) is 10.0 Å². The molecule has 5 nitrogen and oxygen atoms in total. The van der Waals surface area contributed by atoms with Crippen LogP contribution in [-0.2, 0) is 14.8 Å². The Morgan fingerprint density at radius 3 is 2.77 bits per heavy atom. The van der Waals surface area contributed by atoms with Gasteiger partial charge in [0, 0.05) is 23.7 Å². The predicted octanol–water partition coefficient (Wildman–Crippen LogP) is 3.89. The second-order valence-corrected chi connectivity index (χ2v) is 10.0. The molecule has 1 atom stereocenters. The summed E-state index contributed by atoms with van der Waals surface area (Å²) in [4.78, 5) is 13.4. The fourth-order valence-electron chi connectivity index (χ4n) is 2.87. The van der Waals surface area contributed by atoms with Crippen molar-refractivity contribution in [1.82, 2.24) is 4.31 Å². The van der Waals surface area contributed by atoms with Crippen LogP contribution in [0.4, 0.5) is 10.1 Å². The van der Waals surface area contributed by atoms with E-state index in [9.17, 15) is 17.6 Å². The quantitative estimate of drug-likeness (QED) is 0.822. The van der Waals surface area contributed by atoms with E-state index in [-0.39, 0.29) is 17.5 Å². The number of benzene rings is 1. The lowest BCUT2D eigenvalue weighted by Crippen LogP contribution is -2.43. The number of hydrogen-bond donors (Lipinski definition) is 1. The van der Waals surface area contributed by atoms with Crippen molar-refractivity contribution in [3.63, 3.8) is 0 Å². The van der Waals surface area contributed by atoms with Crippen LogP contribution in [0, 0.1) is 18.7 Å². The number of anilines is 1. The molecule has 0 radical (unpaired) electrons. The van der Waals surface area contributed by atoms with Gasteiger partial charge in [0.25, 0.3) is 10.0 Å². The van der Waals surface area contributed by atoms with Crippen molar-refractivity contribution in [2.24, 2.45) is 5.92 Å². The van der Waals surface area contributed by atoms with E-state index in [1.54, 1.807) is 12.1 Å². The lowest BCUT2D eigenvalue weighted by molar-refractivity contribution is -0.120. The van der Waals surface area contributed by atoms with E-state index in [0.29, 0.717) is 29.3 Å². The van der Waals surface area contributed by atoms with E-state index in [0.717, 1.165) is 4.88 Å². The van der Waals surface area contributed by atoms with Gasteiger partial charge >= 0.3 is 0 Å². The molecule has 0 spiro atoms. The number of nitrogens with zero attached hydrogens (tertiary/aromatic N) is 1. The van der Waals surface area contributed by atoms with Crippen molar-refractivity contribution in [3.05, 3.63) is 46.0 Å². The Balaban J connectivity index is 1.71. The van der Waals surface area contributed by atoms with Gasteiger partial charge in [-0.05, 0) is 50.1 Å². The first-order chi connectivity index (χ1) is 12.3. The molecule has 2 heterocycles. The van der Waals surface area contributed by atoms with Gasteiger partial charge in [0.2, 0.25) is 5.91 Å². The van der Waals surface area contributed by atoms with E-state index in [2.05, 4.69) is 5.32 Å². The van der Waals surface area contributed by atoms with E-state index in [1.165, 1.54) is 33.8 Å². The van der Waals surface area contributed by atoms with E-state index in [1.807, 2.05) is 6.92 Å². The van der Waals surface area contributed by atoms with Crippen LogP contribution in [0.5, 0.6) is 0 Å². The van der Waals surface area contributed by atoms with Gasteiger partial charge in [-0.25, -0.2) is 12.8 Å². The maximum atomic E-state index is 13.2. The molecule has 1 aliphatic rings. The summed E-state index contributed by atoms with van der Waals surface area (Å²) in [6, 6.07) is 7.30. The van der Waals surface area contributed by atoms with E-state index < -0.39 is 21.8 Å². The maximum Gasteiger partial charge on any atom is 0.252 e. The molecule has 1 aromatic carbocycles. The second-order valence-electron chi connectivity index (χ2n) is 6.19. The van der Waals surface area contributed by atoms with Crippen molar-refractivity contribution >= 4 is 44.6 Å². The average Bonchev–Trinajstić information content (AvgIpc) is 3.05. The Hall–Kier alpha value is -1.48. The molecule has 26 heavy (non-hydrogen) atoms. The molecule has 9 heteroatoms. The fourth-order valence-corrected chi connectivity index (χ4v) is 6.01. The lowest BCUT2D eigenvalue weighted by Gasteiger charge is -2.30. The summed E-state index contributed by atoms with van der Waals surface area (Å²) in [5, 5.41) is 2.61. The van der Waals surface area contributed by atoms with Gasteiger partial charge in [0.05, 0.1) is 10.9 Å². The first kappa shape index (κ1) is 19.3. The van der Waals surface area contributed by atoms with Crippen LogP contribution in [0.3, 0.4) is 0 Å². The Bertz CT molecular complexity index is 930. The fraction of sp³-hybridized carbons (Fsp3) is 0.353. The first-order valence-electron chi connectivity index (χ1n) is 8.10. The highest BCUT2D eigenvalue weighted by Gasteiger charge is 2.34. The molecule has 140 valence electrons. The van der Waals surface area contributed by atoms with Gasteiger partial charge in [0.15, 0.2) is 0 Å². The first-order valence-corrected chi connectivity index (χ1v) is 10.7. The number of carbonyl (C=O) groups is 1.